The smallest absolute Gasteiger partial charge is 0.163 e. The lowest BCUT2D eigenvalue weighted by atomic mass is 10.1. The predicted octanol–water partition coefficient (Wildman–Crippen LogP) is 2.47. The lowest BCUT2D eigenvalue weighted by Crippen LogP contribution is -2.30. The maximum atomic E-state index is 13.3. The van der Waals surface area contributed by atoms with Gasteiger partial charge in [0.1, 0.15) is 22.8 Å². The van der Waals surface area contributed by atoms with Gasteiger partial charge in [0, 0.05) is 11.8 Å². The molecule has 9 nitrogen and oxygen atoms in total. The predicted molar refractivity (Wildman–Crippen MR) is 115 cm³/mol. The summed E-state index contributed by atoms with van der Waals surface area (Å²) in [5.41, 5.74) is 3.71. The van der Waals surface area contributed by atoms with Crippen LogP contribution in [-0.2, 0) is 0 Å². The number of hydrogen-bond acceptors (Lipinski definition) is 7. The summed E-state index contributed by atoms with van der Waals surface area (Å²) in [6.45, 7) is 3.64. The van der Waals surface area contributed by atoms with Crippen LogP contribution in [0.4, 0.5) is 4.39 Å². The number of nitrogens with zero attached hydrogens (tertiary/aromatic N) is 6. The van der Waals surface area contributed by atoms with E-state index in [0.29, 0.717) is 17.5 Å². The first-order chi connectivity index (χ1) is 15.6. The van der Waals surface area contributed by atoms with Crippen LogP contribution in [0.2, 0.25) is 0 Å². The van der Waals surface area contributed by atoms with Gasteiger partial charge in [0.05, 0.1) is 36.4 Å². The van der Waals surface area contributed by atoms with Crippen molar-refractivity contribution in [3.63, 3.8) is 0 Å². The van der Waals surface area contributed by atoms with Crippen molar-refractivity contribution in [3.8, 4) is 17.0 Å². The van der Waals surface area contributed by atoms with E-state index in [0.717, 1.165) is 54.6 Å². The number of aliphatic hydroxyl groups is 1. The summed E-state index contributed by atoms with van der Waals surface area (Å²) in [5.74, 6) is 0.0684. The Morgan fingerprint density at radius 3 is 2.88 bits per heavy atom. The molecule has 1 fully saturated rings. The molecule has 0 radical (unpaired) electrons. The number of pyridine rings is 2. The van der Waals surface area contributed by atoms with Crippen molar-refractivity contribution in [2.75, 3.05) is 19.7 Å². The van der Waals surface area contributed by atoms with Crippen molar-refractivity contribution >= 4 is 5.52 Å². The molecule has 1 atom stereocenters. The fourth-order valence-corrected chi connectivity index (χ4v) is 4.15. The summed E-state index contributed by atoms with van der Waals surface area (Å²) >= 11 is 0. The second kappa shape index (κ2) is 8.64. The fraction of sp³-hybridized carbons (Fsp3) is 0.364. The van der Waals surface area contributed by atoms with Crippen molar-refractivity contribution < 1.29 is 14.2 Å². The molecule has 2 N–H and O–H groups in total. The minimum absolute atomic E-state index is 0.311. The SMILES string of the molecule is Cc1c(-c2cc(OC(CO)c3ccc(F)cn3)c3ccnn3c2)nnn1C1CCNCC1. The molecule has 0 bridgehead atoms. The second-order valence-corrected chi connectivity index (χ2v) is 7.89. The number of halogens is 1. The van der Waals surface area contributed by atoms with E-state index in [1.54, 1.807) is 10.7 Å². The molecule has 0 spiro atoms. The zero-order chi connectivity index (χ0) is 22.1. The highest BCUT2D eigenvalue weighted by Gasteiger charge is 2.22. The van der Waals surface area contributed by atoms with Gasteiger partial charge in [0.25, 0.3) is 0 Å². The van der Waals surface area contributed by atoms with Crippen LogP contribution in [0.25, 0.3) is 16.8 Å². The molecular weight excluding hydrogens is 413 g/mol. The lowest BCUT2D eigenvalue weighted by molar-refractivity contribution is 0.114. The lowest BCUT2D eigenvalue weighted by Gasteiger charge is -2.23. The summed E-state index contributed by atoms with van der Waals surface area (Å²) < 4.78 is 23.1. The largest absolute Gasteiger partial charge is 0.479 e. The van der Waals surface area contributed by atoms with Crippen LogP contribution in [0.3, 0.4) is 0 Å². The van der Waals surface area contributed by atoms with Gasteiger partial charge in [-0.15, -0.1) is 5.10 Å². The summed E-state index contributed by atoms with van der Waals surface area (Å²) in [6.07, 6.45) is 5.94. The Morgan fingerprint density at radius 2 is 2.12 bits per heavy atom. The Kier molecular flexibility index (Phi) is 5.54. The van der Waals surface area contributed by atoms with Crippen molar-refractivity contribution in [2.45, 2.75) is 31.9 Å². The minimum atomic E-state index is -0.754. The van der Waals surface area contributed by atoms with Gasteiger partial charge in [0.15, 0.2) is 6.10 Å². The highest BCUT2D eigenvalue weighted by molar-refractivity contribution is 5.70. The average molecular weight is 437 g/mol. The number of fused-ring (bicyclic) bond motifs is 1. The molecule has 166 valence electrons. The van der Waals surface area contributed by atoms with Crippen molar-refractivity contribution in [1.29, 1.82) is 0 Å². The van der Waals surface area contributed by atoms with Gasteiger partial charge in [0.2, 0.25) is 0 Å². The van der Waals surface area contributed by atoms with E-state index in [1.807, 2.05) is 29.9 Å². The topological polar surface area (TPSA) is 102 Å². The normalized spacial score (nSPS) is 15.8. The Bertz CT molecular complexity index is 1210. The summed E-state index contributed by atoms with van der Waals surface area (Å²) in [5, 5.41) is 26.5. The standard InChI is InChI=1S/C22H24FN7O2/c1-14-22(27-28-30(14)17-4-7-24-8-5-17)15-10-20(19-6-9-26-29(19)12-15)32-21(13-31)18-3-2-16(23)11-25-18/h2-3,6,9-12,17,21,24,31H,4-5,7-8,13H2,1H3. The third-order valence-electron chi connectivity index (χ3n) is 5.84. The van der Waals surface area contributed by atoms with Crippen LogP contribution < -0.4 is 10.1 Å². The molecule has 0 amide bonds. The molecule has 1 saturated heterocycles. The van der Waals surface area contributed by atoms with Crippen molar-refractivity contribution in [1.82, 2.24) is 34.9 Å². The molecule has 32 heavy (non-hydrogen) atoms. The van der Waals surface area contributed by atoms with E-state index < -0.39 is 11.9 Å². The van der Waals surface area contributed by atoms with Crippen LogP contribution in [0.5, 0.6) is 5.75 Å². The molecule has 0 saturated carbocycles. The number of hydrogen-bond donors (Lipinski definition) is 2. The van der Waals surface area contributed by atoms with E-state index in [4.69, 9.17) is 4.74 Å². The number of aliphatic hydroxyl groups excluding tert-OH is 1. The zero-order valence-electron chi connectivity index (χ0n) is 17.6. The summed E-state index contributed by atoms with van der Waals surface area (Å²) in [6, 6.07) is 6.81. The summed E-state index contributed by atoms with van der Waals surface area (Å²) in [4.78, 5) is 4.05. The third kappa shape index (κ3) is 3.82. The molecule has 1 aliphatic rings. The van der Waals surface area contributed by atoms with Crippen LogP contribution >= 0.6 is 0 Å². The molecule has 10 heteroatoms. The maximum Gasteiger partial charge on any atom is 0.163 e. The van der Waals surface area contributed by atoms with E-state index in [9.17, 15) is 9.50 Å². The van der Waals surface area contributed by atoms with Crippen LogP contribution in [0.15, 0.2) is 42.9 Å². The second-order valence-electron chi connectivity index (χ2n) is 7.89. The maximum absolute atomic E-state index is 13.3. The molecule has 0 aromatic carbocycles. The zero-order valence-corrected chi connectivity index (χ0v) is 17.6. The van der Waals surface area contributed by atoms with Gasteiger partial charge < -0.3 is 15.2 Å². The molecule has 4 aromatic rings. The molecule has 4 aromatic heterocycles. The average Bonchev–Trinajstić information content (AvgIpc) is 3.45. The van der Waals surface area contributed by atoms with Crippen molar-refractivity contribution in [2.24, 2.45) is 0 Å². The highest BCUT2D eigenvalue weighted by atomic mass is 19.1. The van der Waals surface area contributed by atoms with Gasteiger partial charge >= 0.3 is 0 Å². The molecule has 0 aliphatic carbocycles. The fourth-order valence-electron chi connectivity index (χ4n) is 4.15. The minimum Gasteiger partial charge on any atom is -0.479 e. The monoisotopic (exact) mass is 437 g/mol. The summed E-state index contributed by atoms with van der Waals surface area (Å²) in [7, 11) is 0. The quantitative estimate of drug-likeness (QED) is 0.478. The van der Waals surface area contributed by atoms with Gasteiger partial charge in [-0.1, -0.05) is 5.21 Å². The van der Waals surface area contributed by atoms with Gasteiger partial charge in [-0.05, 0) is 57.1 Å². The number of piperidine rings is 1. The van der Waals surface area contributed by atoms with Crippen LogP contribution in [0.1, 0.15) is 36.4 Å². The Balaban J connectivity index is 1.51. The molecule has 1 unspecified atom stereocenters. The first-order valence-corrected chi connectivity index (χ1v) is 10.6. The van der Waals surface area contributed by atoms with Crippen LogP contribution in [0, 0.1) is 12.7 Å². The van der Waals surface area contributed by atoms with Gasteiger partial charge in [-0.3, -0.25) is 4.98 Å². The molecular formula is C22H24FN7O2. The highest BCUT2D eigenvalue weighted by Crippen LogP contribution is 2.32. The number of nitrogens with one attached hydrogen (secondary N) is 1. The van der Waals surface area contributed by atoms with E-state index in [1.165, 1.54) is 12.1 Å². The number of aromatic nitrogens is 6. The Morgan fingerprint density at radius 1 is 1.28 bits per heavy atom. The number of rotatable bonds is 6. The first-order valence-electron chi connectivity index (χ1n) is 10.6. The Labute approximate surface area is 183 Å². The third-order valence-corrected chi connectivity index (χ3v) is 5.84. The molecule has 1 aliphatic heterocycles. The first kappa shape index (κ1) is 20.5. The Hall–Kier alpha value is -3.37. The van der Waals surface area contributed by atoms with E-state index in [2.05, 4.69) is 25.7 Å². The molecule has 5 heterocycles. The van der Waals surface area contributed by atoms with Gasteiger partial charge in [-0.25, -0.2) is 13.6 Å². The molecule has 5 rings (SSSR count). The van der Waals surface area contributed by atoms with E-state index >= 15 is 0 Å². The van der Waals surface area contributed by atoms with Crippen molar-refractivity contribution in [3.05, 3.63) is 60.1 Å². The van der Waals surface area contributed by atoms with Gasteiger partial charge in [-0.2, -0.15) is 5.10 Å². The number of ether oxygens (including phenoxy) is 1. The van der Waals surface area contributed by atoms with Crippen LogP contribution in [-0.4, -0.2) is 54.4 Å². The van der Waals surface area contributed by atoms with E-state index in [-0.39, 0.29) is 6.61 Å².